The molecule has 0 spiro atoms. The largest absolute Gasteiger partial charge is 0.331 e. The molecule has 1 heterocycles. The molecule has 5 heteroatoms. The van der Waals surface area contributed by atoms with Crippen LogP contribution in [0.5, 0.6) is 0 Å². The van der Waals surface area contributed by atoms with E-state index in [1.54, 1.807) is 12.5 Å². The van der Waals surface area contributed by atoms with Gasteiger partial charge in [-0.2, -0.15) is 0 Å². The maximum Gasteiger partial charge on any atom is 0.256 e. The first kappa shape index (κ1) is 16.3. The number of aromatic nitrogens is 2. The van der Waals surface area contributed by atoms with E-state index < -0.39 is 0 Å². The molecule has 0 saturated carbocycles. The number of nitrogens with zero attached hydrogens (tertiary/aromatic N) is 2. The molecule has 0 fully saturated rings. The molecule has 4 nitrogen and oxygen atoms in total. The SMILES string of the molecule is Cc1ccc(C(=O)Nc2cn(Cc3cccc(Cl)c3)cn2)cc1C. The third-order valence-electron chi connectivity index (χ3n) is 3.90. The summed E-state index contributed by atoms with van der Waals surface area (Å²) in [5, 5.41) is 3.53. The van der Waals surface area contributed by atoms with Crippen molar-refractivity contribution in [2.24, 2.45) is 0 Å². The minimum atomic E-state index is -0.161. The van der Waals surface area contributed by atoms with Gasteiger partial charge in [-0.1, -0.05) is 29.8 Å². The van der Waals surface area contributed by atoms with Crippen molar-refractivity contribution in [1.29, 1.82) is 0 Å². The maximum atomic E-state index is 12.3. The van der Waals surface area contributed by atoms with Crippen molar-refractivity contribution in [2.75, 3.05) is 5.32 Å². The summed E-state index contributed by atoms with van der Waals surface area (Å²) >= 11 is 5.99. The van der Waals surface area contributed by atoms with Gasteiger partial charge in [-0.25, -0.2) is 4.98 Å². The minimum absolute atomic E-state index is 0.161. The fraction of sp³-hybridized carbons (Fsp3) is 0.158. The van der Waals surface area contributed by atoms with Crippen LogP contribution in [0.4, 0.5) is 5.82 Å². The van der Waals surface area contributed by atoms with Crippen LogP contribution in [0.1, 0.15) is 27.0 Å². The van der Waals surface area contributed by atoms with Crippen molar-refractivity contribution in [3.63, 3.8) is 0 Å². The Morgan fingerprint density at radius 2 is 2.00 bits per heavy atom. The van der Waals surface area contributed by atoms with Crippen LogP contribution < -0.4 is 5.32 Å². The zero-order valence-corrected chi connectivity index (χ0v) is 14.3. The van der Waals surface area contributed by atoms with E-state index in [-0.39, 0.29) is 5.91 Å². The molecule has 3 aromatic rings. The fourth-order valence-corrected chi connectivity index (χ4v) is 2.64. The first-order chi connectivity index (χ1) is 11.5. The van der Waals surface area contributed by atoms with Crippen molar-refractivity contribution in [1.82, 2.24) is 9.55 Å². The van der Waals surface area contributed by atoms with Gasteiger partial charge in [0, 0.05) is 23.3 Å². The second-order valence-corrected chi connectivity index (χ2v) is 6.25. The summed E-state index contributed by atoms with van der Waals surface area (Å²) in [5.41, 5.74) is 3.96. The van der Waals surface area contributed by atoms with Crippen LogP contribution in [0.15, 0.2) is 55.0 Å². The van der Waals surface area contributed by atoms with Crippen LogP contribution in [0.2, 0.25) is 5.02 Å². The Morgan fingerprint density at radius 1 is 1.17 bits per heavy atom. The highest BCUT2D eigenvalue weighted by atomic mass is 35.5. The van der Waals surface area contributed by atoms with E-state index in [1.807, 2.05) is 60.9 Å². The molecule has 0 aliphatic heterocycles. The summed E-state index contributed by atoms with van der Waals surface area (Å²) < 4.78 is 1.90. The lowest BCUT2D eigenvalue weighted by atomic mass is 10.1. The molecule has 1 amide bonds. The number of hydrogen-bond acceptors (Lipinski definition) is 2. The van der Waals surface area contributed by atoms with Crippen molar-refractivity contribution >= 4 is 23.3 Å². The third-order valence-corrected chi connectivity index (χ3v) is 4.13. The van der Waals surface area contributed by atoms with E-state index >= 15 is 0 Å². The van der Waals surface area contributed by atoms with E-state index in [0.717, 1.165) is 16.7 Å². The number of hydrogen-bond donors (Lipinski definition) is 1. The normalized spacial score (nSPS) is 10.6. The first-order valence-electron chi connectivity index (χ1n) is 7.66. The lowest BCUT2D eigenvalue weighted by molar-refractivity contribution is 0.102. The van der Waals surface area contributed by atoms with Gasteiger partial charge in [-0.15, -0.1) is 0 Å². The number of nitrogens with one attached hydrogen (secondary N) is 1. The monoisotopic (exact) mass is 339 g/mol. The Kier molecular flexibility index (Phi) is 4.67. The Balaban J connectivity index is 1.69. The van der Waals surface area contributed by atoms with Crippen LogP contribution in [0.25, 0.3) is 0 Å². The van der Waals surface area contributed by atoms with Gasteiger partial charge < -0.3 is 9.88 Å². The molecule has 3 rings (SSSR count). The number of benzene rings is 2. The van der Waals surface area contributed by atoms with E-state index in [1.165, 1.54) is 0 Å². The van der Waals surface area contributed by atoms with E-state index in [9.17, 15) is 4.79 Å². The summed E-state index contributed by atoms with van der Waals surface area (Å²) in [7, 11) is 0. The Labute approximate surface area is 146 Å². The molecule has 0 aliphatic carbocycles. The maximum absolute atomic E-state index is 12.3. The van der Waals surface area contributed by atoms with Gasteiger partial charge in [-0.3, -0.25) is 4.79 Å². The molecule has 24 heavy (non-hydrogen) atoms. The number of rotatable bonds is 4. The lowest BCUT2D eigenvalue weighted by Gasteiger charge is -2.05. The van der Waals surface area contributed by atoms with Gasteiger partial charge >= 0.3 is 0 Å². The fourth-order valence-electron chi connectivity index (χ4n) is 2.43. The highest BCUT2D eigenvalue weighted by Crippen LogP contribution is 2.14. The number of halogens is 1. The van der Waals surface area contributed by atoms with Gasteiger partial charge in [0.2, 0.25) is 0 Å². The summed E-state index contributed by atoms with van der Waals surface area (Å²) in [6, 6.07) is 13.3. The van der Waals surface area contributed by atoms with Gasteiger partial charge in [0.05, 0.1) is 6.33 Å². The van der Waals surface area contributed by atoms with Gasteiger partial charge in [0.1, 0.15) is 0 Å². The minimum Gasteiger partial charge on any atom is -0.331 e. The molecule has 0 saturated heterocycles. The molecule has 1 N–H and O–H groups in total. The van der Waals surface area contributed by atoms with Gasteiger partial charge in [-0.05, 0) is 54.8 Å². The van der Waals surface area contributed by atoms with Crippen LogP contribution in [-0.4, -0.2) is 15.5 Å². The number of carbonyl (C=O) groups excluding carboxylic acids is 1. The van der Waals surface area contributed by atoms with Gasteiger partial charge in [0.15, 0.2) is 5.82 Å². The number of anilines is 1. The quantitative estimate of drug-likeness (QED) is 0.763. The van der Waals surface area contributed by atoms with Crippen LogP contribution in [0, 0.1) is 13.8 Å². The standard InChI is InChI=1S/C19H18ClN3O/c1-13-6-7-16(8-14(13)2)19(24)22-18-11-23(12-21-18)10-15-4-3-5-17(20)9-15/h3-9,11-12H,10H2,1-2H3,(H,22,24). The third kappa shape index (κ3) is 3.84. The molecular weight excluding hydrogens is 322 g/mol. The zero-order chi connectivity index (χ0) is 17.1. The Morgan fingerprint density at radius 3 is 2.75 bits per heavy atom. The summed E-state index contributed by atoms with van der Waals surface area (Å²) in [4.78, 5) is 16.6. The topological polar surface area (TPSA) is 46.9 Å². The highest BCUT2D eigenvalue weighted by Gasteiger charge is 2.09. The predicted molar refractivity (Wildman–Crippen MR) is 96.7 cm³/mol. The molecule has 0 unspecified atom stereocenters. The van der Waals surface area contributed by atoms with E-state index in [2.05, 4.69) is 10.3 Å². The second-order valence-electron chi connectivity index (χ2n) is 5.81. The molecular formula is C19H18ClN3O. The summed E-state index contributed by atoms with van der Waals surface area (Å²) in [6.45, 7) is 4.66. The average Bonchev–Trinajstić information content (AvgIpc) is 2.97. The van der Waals surface area contributed by atoms with Crippen molar-refractivity contribution in [3.05, 3.63) is 82.3 Å². The molecule has 0 aliphatic rings. The average molecular weight is 340 g/mol. The second kappa shape index (κ2) is 6.89. The molecule has 0 atom stereocenters. The Bertz CT molecular complexity index is 886. The Hall–Kier alpha value is -2.59. The molecule has 1 aromatic heterocycles. The summed E-state index contributed by atoms with van der Waals surface area (Å²) in [6.07, 6.45) is 3.50. The van der Waals surface area contributed by atoms with Crippen LogP contribution in [0.3, 0.4) is 0 Å². The number of aryl methyl sites for hydroxylation is 2. The molecule has 0 bridgehead atoms. The van der Waals surface area contributed by atoms with Crippen LogP contribution >= 0.6 is 11.6 Å². The number of carbonyl (C=O) groups is 1. The molecule has 122 valence electrons. The zero-order valence-electron chi connectivity index (χ0n) is 13.6. The lowest BCUT2D eigenvalue weighted by Crippen LogP contribution is -2.12. The van der Waals surface area contributed by atoms with Crippen molar-refractivity contribution < 1.29 is 4.79 Å². The predicted octanol–water partition coefficient (Wildman–Crippen LogP) is 4.45. The van der Waals surface area contributed by atoms with E-state index in [0.29, 0.717) is 22.9 Å². The smallest absolute Gasteiger partial charge is 0.256 e. The van der Waals surface area contributed by atoms with E-state index in [4.69, 9.17) is 11.6 Å². The van der Waals surface area contributed by atoms with Crippen molar-refractivity contribution in [2.45, 2.75) is 20.4 Å². The molecule has 2 aromatic carbocycles. The molecule has 0 radical (unpaired) electrons. The van der Waals surface area contributed by atoms with Gasteiger partial charge in [0.25, 0.3) is 5.91 Å². The summed E-state index contributed by atoms with van der Waals surface area (Å²) in [5.74, 6) is 0.367. The highest BCUT2D eigenvalue weighted by molar-refractivity contribution is 6.30. The number of amides is 1. The van der Waals surface area contributed by atoms with Crippen LogP contribution in [-0.2, 0) is 6.54 Å². The van der Waals surface area contributed by atoms with Crippen molar-refractivity contribution in [3.8, 4) is 0 Å². The number of imidazole rings is 1. The first-order valence-corrected chi connectivity index (χ1v) is 8.04.